The molecule has 11 heteroatoms. The van der Waals surface area contributed by atoms with Crippen LogP contribution in [0, 0.1) is 23.2 Å². The molecule has 0 aromatic heterocycles. The third-order valence-electron chi connectivity index (χ3n) is 4.65. The van der Waals surface area contributed by atoms with Crippen molar-refractivity contribution in [1.29, 1.82) is 0 Å². The topological polar surface area (TPSA) is 135 Å². The number of nitro groups is 1. The van der Waals surface area contributed by atoms with Crippen LogP contribution in [-0.4, -0.2) is 50.9 Å². The van der Waals surface area contributed by atoms with Gasteiger partial charge in [0.25, 0.3) is 0 Å². The SMILES string of the molecule is O=C(O)c1cc(I)cc(I)c1O.O=[N+]([O-])C1CCC(O)C2[N-]CCCC21.[Cu+]. The molecule has 3 N–H and O–H groups in total. The Balaban J connectivity index is 0.000000264. The van der Waals surface area contributed by atoms with Crippen LogP contribution in [0.25, 0.3) is 5.32 Å². The number of piperidine rings is 1. The van der Waals surface area contributed by atoms with Gasteiger partial charge < -0.3 is 20.6 Å². The van der Waals surface area contributed by atoms with E-state index in [2.05, 4.69) is 5.32 Å². The minimum absolute atomic E-state index is 0. The number of halogens is 2. The van der Waals surface area contributed by atoms with Gasteiger partial charge in [-0.3, -0.25) is 10.1 Å². The van der Waals surface area contributed by atoms with Gasteiger partial charge in [0, 0.05) is 26.9 Å². The maximum Gasteiger partial charge on any atom is 1.00 e. The van der Waals surface area contributed by atoms with Crippen LogP contribution in [0.4, 0.5) is 0 Å². The molecular formula is C16H19CuI2N2O6. The molecule has 8 nitrogen and oxygen atoms in total. The number of carboxylic acid groups (broad SMARTS) is 1. The maximum absolute atomic E-state index is 10.8. The van der Waals surface area contributed by atoms with Gasteiger partial charge in [0.2, 0.25) is 6.04 Å². The number of aliphatic hydroxyl groups excluding tert-OH is 1. The van der Waals surface area contributed by atoms with Gasteiger partial charge in [-0.05, 0) is 70.2 Å². The summed E-state index contributed by atoms with van der Waals surface area (Å²) in [5.74, 6) is -1.30. The molecule has 1 aromatic rings. The molecular weight excluding hydrogens is 634 g/mol. The summed E-state index contributed by atoms with van der Waals surface area (Å²) in [7, 11) is 0. The molecule has 3 rings (SSSR count). The third-order valence-corrected chi connectivity index (χ3v) is 6.10. The van der Waals surface area contributed by atoms with E-state index in [1.807, 2.05) is 45.2 Å². The summed E-state index contributed by atoms with van der Waals surface area (Å²) in [6.07, 6.45) is 2.35. The molecule has 0 radical (unpaired) electrons. The predicted molar refractivity (Wildman–Crippen MR) is 111 cm³/mol. The fourth-order valence-corrected chi connectivity index (χ4v) is 5.26. The van der Waals surface area contributed by atoms with Crippen LogP contribution in [0.5, 0.6) is 5.75 Å². The molecule has 1 heterocycles. The first-order valence-corrected chi connectivity index (χ1v) is 10.3. The first-order valence-electron chi connectivity index (χ1n) is 8.11. The average Bonchev–Trinajstić information content (AvgIpc) is 2.58. The molecule has 4 atom stereocenters. The van der Waals surface area contributed by atoms with Gasteiger partial charge in [-0.1, -0.05) is 6.42 Å². The number of aromatic hydroxyl groups is 1. The number of aliphatic hydroxyl groups is 1. The first kappa shape index (κ1) is 24.8. The van der Waals surface area contributed by atoms with Crippen molar-refractivity contribution < 1.29 is 42.1 Å². The number of hydrogen-bond acceptors (Lipinski definition) is 5. The van der Waals surface area contributed by atoms with Crippen LogP contribution in [0.3, 0.4) is 0 Å². The van der Waals surface area contributed by atoms with Crippen LogP contribution in [-0.2, 0) is 17.1 Å². The van der Waals surface area contributed by atoms with Crippen molar-refractivity contribution >= 4 is 51.2 Å². The molecule has 1 aliphatic heterocycles. The summed E-state index contributed by atoms with van der Waals surface area (Å²) in [6, 6.07) is 2.49. The van der Waals surface area contributed by atoms with Gasteiger partial charge in [0.1, 0.15) is 11.3 Å². The Bertz CT molecular complexity index is 693. The van der Waals surface area contributed by atoms with Gasteiger partial charge >= 0.3 is 23.0 Å². The number of rotatable bonds is 2. The Morgan fingerprint density at radius 3 is 2.52 bits per heavy atom. The Labute approximate surface area is 194 Å². The van der Waals surface area contributed by atoms with Crippen molar-refractivity contribution in [2.75, 3.05) is 6.54 Å². The summed E-state index contributed by atoms with van der Waals surface area (Å²) in [4.78, 5) is 21.2. The van der Waals surface area contributed by atoms with E-state index in [1.165, 1.54) is 6.07 Å². The second kappa shape index (κ2) is 11.1. The third kappa shape index (κ3) is 6.39. The molecule has 154 valence electrons. The average molecular weight is 653 g/mol. The zero-order valence-electron chi connectivity index (χ0n) is 14.0. The van der Waals surface area contributed by atoms with Crippen molar-refractivity contribution in [1.82, 2.24) is 0 Å². The van der Waals surface area contributed by atoms with Crippen molar-refractivity contribution in [3.05, 3.63) is 40.3 Å². The molecule has 2 fully saturated rings. The van der Waals surface area contributed by atoms with E-state index in [0.717, 1.165) is 23.0 Å². The Hall–Kier alpha value is -0.211. The zero-order valence-corrected chi connectivity index (χ0v) is 19.3. The number of carboxylic acids is 1. The second-order valence-electron chi connectivity index (χ2n) is 6.29. The molecule has 1 aliphatic carbocycles. The summed E-state index contributed by atoms with van der Waals surface area (Å²) < 4.78 is 1.35. The number of benzene rings is 1. The fraction of sp³-hybridized carbons (Fsp3) is 0.562. The molecule has 27 heavy (non-hydrogen) atoms. The van der Waals surface area contributed by atoms with Gasteiger partial charge in [0.05, 0.1) is 3.57 Å². The number of carbonyl (C=O) groups is 1. The summed E-state index contributed by atoms with van der Waals surface area (Å²) in [6.45, 7) is 0.753. The second-order valence-corrected chi connectivity index (χ2v) is 8.70. The predicted octanol–water partition coefficient (Wildman–Crippen LogP) is 3.24. The minimum atomic E-state index is -1.11. The molecule has 0 amide bonds. The number of fused-ring (bicyclic) bond motifs is 1. The molecule has 2 aliphatic rings. The zero-order chi connectivity index (χ0) is 19.4. The molecule has 0 spiro atoms. The number of nitrogens with zero attached hydrogens (tertiary/aromatic N) is 2. The van der Waals surface area contributed by atoms with Gasteiger partial charge in [-0.15, -0.1) is 12.6 Å². The summed E-state index contributed by atoms with van der Waals surface area (Å²) in [5, 5.41) is 42.7. The molecule has 1 aromatic carbocycles. The van der Waals surface area contributed by atoms with Crippen molar-refractivity contribution in [3.63, 3.8) is 0 Å². The molecule has 1 saturated heterocycles. The normalized spacial score (nSPS) is 26.6. The summed E-state index contributed by atoms with van der Waals surface area (Å²) >= 11 is 3.89. The first-order chi connectivity index (χ1) is 12.2. The van der Waals surface area contributed by atoms with E-state index < -0.39 is 18.1 Å². The molecule has 1 saturated carbocycles. The van der Waals surface area contributed by atoms with Crippen LogP contribution >= 0.6 is 45.2 Å². The van der Waals surface area contributed by atoms with Crippen molar-refractivity contribution in [2.45, 2.75) is 43.9 Å². The standard InChI is InChI=1S/C9H15N2O3.C7H4I2O3.Cu/c12-8-4-3-7(11(13)14)6-2-1-5-10-9(6)8;8-3-1-4(7(11)12)6(10)5(9)2-3;/h6-9,12H,1-5H2;1-2,10H,(H,11,12);/q-1;;+1. The van der Waals surface area contributed by atoms with Crippen LogP contribution in [0.15, 0.2) is 12.1 Å². The Morgan fingerprint density at radius 1 is 1.26 bits per heavy atom. The largest absolute Gasteiger partial charge is 1.00 e. The van der Waals surface area contributed by atoms with Crippen LogP contribution in [0.1, 0.15) is 36.0 Å². The Kier molecular flexibility index (Phi) is 10.2. The van der Waals surface area contributed by atoms with Crippen LogP contribution < -0.4 is 0 Å². The van der Waals surface area contributed by atoms with Gasteiger partial charge in [-0.2, -0.15) is 0 Å². The number of aromatic carboxylic acids is 1. The van der Waals surface area contributed by atoms with Gasteiger partial charge in [-0.25, -0.2) is 4.79 Å². The smallest absolute Gasteiger partial charge is 0.657 e. The van der Waals surface area contributed by atoms with E-state index in [1.54, 1.807) is 6.07 Å². The molecule has 0 bridgehead atoms. The van der Waals surface area contributed by atoms with E-state index in [4.69, 9.17) is 5.11 Å². The van der Waals surface area contributed by atoms with Crippen LogP contribution in [0.2, 0.25) is 0 Å². The van der Waals surface area contributed by atoms with Gasteiger partial charge in [0.15, 0.2) is 0 Å². The van der Waals surface area contributed by atoms with E-state index in [-0.39, 0.29) is 45.3 Å². The quantitative estimate of drug-likeness (QED) is 0.195. The van der Waals surface area contributed by atoms with E-state index in [0.29, 0.717) is 16.4 Å². The minimum Gasteiger partial charge on any atom is -0.657 e. The summed E-state index contributed by atoms with van der Waals surface area (Å²) in [5.41, 5.74) is -0.0497. The number of phenols is 1. The number of hydrogen-bond donors (Lipinski definition) is 3. The van der Waals surface area contributed by atoms with E-state index >= 15 is 0 Å². The van der Waals surface area contributed by atoms with E-state index in [9.17, 15) is 25.1 Å². The Morgan fingerprint density at radius 2 is 1.93 bits per heavy atom. The van der Waals surface area contributed by atoms with Crippen molar-refractivity contribution in [2.24, 2.45) is 5.92 Å². The maximum atomic E-state index is 10.8. The monoisotopic (exact) mass is 652 g/mol. The van der Waals surface area contributed by atoms with Crippen molar-refractivity contribution in [3.8, 4) is 5.75 Å². The fourth-order valence-electron chi connectivity index (χ4n) is 3.42. The molecule has 4 unspecified atom stereocenters.